The summed E-state index contributed by atoms with van der Waals surface area (Å²) in [4.78, 5) is 0.223. The van der Waals surface area contributed by atoms with E-state index >= 15 is 0 Å². The third-order valence-corrected chi connectivity index (χ3v) is 3.98. The summed E-state index contributed by atoms with van der Waals surface area (Å²) in [7, 11) is -3.45. The molecular formula is C10H14BrNO3S. The van der Waals surface area contributed by atoms with Crippen LogP contribution in [0.5, 0.6) is 0 Å². The minimum Gasteiger partial charge on any atom is -0.393 e. The molecule has 0 aliphatic heterocycles. The largest absolute Gasteiger partial charge is 0.393 e. The van der Waals surface area contributed by atoms with Gasteiger partial charge in [-0.25, -0.2) is 13.1 Å². The van der Waals surface area contributed by atoms with E-state index in [1.807, 2.05) is 0 Å². The first-order chi connectivity index (χ1) is 7.42. The van der Waals surface area contributed by atoms with Crippen molar-refractivity contribution < 1.29 is 13.5 Å². The van der Waals surface area contributed by atoms with E-state index in [9.17, 15) is 8.42 Å². The van der Waals surface area contributed by atoms with Crippen molar-refractivity contribution in [2.24, 2.45) is 0 Å². The first kappa shape index (κ1) is 13.6. The molecule has 4 nitrogen and oxygen atoms in total. The molecule has 16 heavy (non-hydrogen) atoms. The van der Waals surface area contributed by atoms with Crippen molar-refractivity contribution in [3.05, 3.63) is 28.7 Å². The van der Waals surface area contributed by atoms with Crippen LogP contribution in [0.4, 0.5) is 0 Å². The van der Waals surface area contributed by atoms with Crippen molar-refractivity contribution in [3.63, 3.8) is 0 Å². The van der Waals surface area contributed by atoms with E-state index in [0.717, 1.165) is 4.47 Å². The second-order valence-electron chi connectivity index (χ2n) is 3.49. The average molecular weight is 308 g/mol. The summed E-state index contributed by atoms with van der Waals surface area (Å²) in [5.74, 6) is 0. The average Bonchev–Trinajstić information content (AvgIpc) is 2.17. The van der Waals surface area contributed by atoms with Gasteiger partial charge in [0.05, 0.1) is 11.0 Å². The lowest BCUT2D eigenvalue weighted by Crippen LogP contribution is -2.26. The summed E-state index contributed by atoms with van der Waals surface area (Å²) in [6.07, 6.45) is -0.108. The number of hydrogen-bond donors (Lipinski definition) is 2. The topological polar surface area (TPSA) is 66.4 Å². The normalized spacial score (nSPS) is 13.7. The van der Waals surface area contributed by atoms with E-state index in [1.54, 1.807) is 19.1 Å². The lowest BCUT2D eigenvalue weighted by atomic mass is 10.3. The quantitative estimate of drug-likeness (QED) is 0.866. The van der Waals surface area contributed by atoms with Gasteiger partial charge in [0, 0.05) is 11.0 Å². The van der Waals surface area contributed by atoms with E-state index < -0.39 is 16.1 Å². The maximum atomic E-state index is 11.7. The van der Waals surface area contributed by atoms with Gasteiger partial charge in [-0.1, -0.05) is 15.9 Å². The van der Waals surface area contributed by atoms with Crippen molar-refractivity contribution in [1.82, 2.24) is 4.72 Å². The molecule has 1 atom stereocenters. The molecule has 0 saturated heterocycles. The van der Waals surface area contributed by atoms with Gasteiger partial charge >= 0.3 is 0 Å². The van der Waals surface area contributed by atoms with Gasteiger partial charge in [0.2, 0.25) is 10.0 Å². The fraction of sp³-hybridized carbons (Fsp3) is 0.400. The van der Waals surface area contributed by atoms with E-state index in [0.29, 0.717) is 6.42 Å². The number of aliphatic hydroxyl groups excluding tert-OH is 1. The van der Waals surface area contributed by atoms with E-state index in [2.05, 4.69) is 20.7 Å². The molecule has 0 aliphatic carbocycles. The number of sulfonamides is 1. The lowest BCUT2D eigenvalue weighted by Gasteiger charge is -2.07. The van der Waals surface area contributed by atoms with Crippen LogP contribution in [0.15, 0.2) is 33.6 Å². The molecule has 1 rings (SSSR count). The second-order valence-corrected chi connectivity index (χ2v) is 6.17. The van der Waals surface area contributed by atoms with Crippen molar-refractivity contribution >= 4 is 26.0 Å². The minimum absolute atomic E-state index is 0.223. The van der Waals surface area contributed by atoms with Gasteiger partial charge < -0.3 is 5.11 Å². The molecule has 2 N–H and O–H groups in total. The van der Waals surface area contributed by atoms with Crippen LogP contribution >= 0.6 is 15.9 Å². The molecule has 0 amide bonds. The fourth-order valence-corrected chi connectivity index (χ4v) is 2.41. The Bertz CT molecular complexity index is 428. The zero-order valence-corrected chi connectivity index (χ0v) is 11.3. The van der Waals surface area contributed by atoms with Gasteiger partial charge in [0.15, 0.2) is 0 Å². The Morgan fingerprint density at radius 2 is 1.94 bits per heavy atom. The monoisotopic (exact) mass is 307 g/mol. The summed E-state index contributed by atoms with van der Waals surface area (Å²) < 4.78 is 26.7. The van der Waals surface area contributed by atoms with E-state index in [-0.39, 0.29) is 11.4 Å². The summed E-state index contributed by atoms with van der Waals surface area (Å²) >= 11 is 3.24. The highest BCUT2D eigenvalue weighted by Gasteiger charge is 2.12. The Balaban J connectivity index is 2.67. The van der Waals surface area contributed by atoms with E-state index in [1.165, 1.54) is 12.1 Å². The number of hydrogen-bond acceptors (Lipinski definition) is 3. The summed E-state index contributed by atoms with van der Waals surface area (Å²) in [6, 6.07) is 6.38. The predicted molar refractivity (Wildman–Crippen MR) is 65.6 cm³/mol. The molecule has 0 spiro atoms. The molecule has 0 unspecified atom stereocenters. The highest BCUT2D eigenvalue weighted by molar-refractivity contribution is 9.10. The van der Waals surface area contributed by atoms with Crippen molar-refractivity contribution in [2.75, 3.05) is 6.54 Å². The highest BCUT2D eigenvalue weighted by atomic mass is 79.9. The van der Waals surface area contributed by atoms with Crippen molar-refractivity contribution in [1.29, 1.82) is 0 Å². The number of rotatable bonds is 5. The zero-order valence-electron chi connectivity index (χ0n) is 8.85. The van der Waals surface area contributed by atoms with Gasteiger partial charge in [-0.2, -0.15) is 0 Å². The lowest BCUT2D eigenvalue weighted by molar-refractivity contribution is 0.186. The molecule has 1 aromatic carbocycles. The third-order valence-electron chi connectivity index (χ3n) is 1.98. The Hall–Kier alpha value is -0.430. The Morgan fingerprint density at radius 1 is 1.38 bits per heavy atom. The number of benzene rings is 1. The minimum atomic E-state index is -3.45. The molecule has 1 aromatic rings. The number of halogens is 1. The SMILES string of the molecule is C[C@H](O)CCNS(=O)(=O)c1ccc(Br)cc1. The van der Waals surface area contributed by atoms with Crippen LogP contribution in [0.25, 0.3) is 0 Å². The first-order valence-corrected chi connectivity index (χ1v) is 7.13. The smallest absolute Gasteiger partial charge is 0.240 e. The summed E-state index contributed by atoms with van der Waals surface area (Å²) in [5, 5.41) is 9.02. The molecular weight excluding hydrogens is 294 g/mol. The molecule has 90 valence electrons. The maximum absolute atomic E-state index is 11.7. The van der Waals surface area contributed by atoms with Crippen LogP contribution in [0.2, 0.25) is 0 Å². The van der Waals surface area contributed by atoms with Crippen molar-refractivity contribution in [3.8, 4) is 0 Å². The van der Waals surface area contributed by atoms with Crippen molar-refractivity contribution in [2.45, 2.75) is 24.3 Å². The van der Waals surface area contributed by atoms with Gasteiger partial charge in [-0.05, 0) is 37.6 Å². The zero-order chi connectivity index (χ0) is 12.2. The second kappa shape index (κ2) is 5.77. The standard InChI is InChI=1S/C10H14BrNO3S/c1-8(13)6-7-12-16(14,15)10-4-2-9(11)3-5-10/h2-5,8,12-13H,6-7H2,1H3/t8-/m0/s1. The number of nitrogens with one attached hydrogen (secondary N) is 1. The molecule has 6 heteroatoms. The molecule has 0 bridgehead atoms. The molecule has 0 aromatic heterocycles. The van der Waals surface area contributed by atoms with E-state index in [4.69, 9.17) is 5.11 Å². The molecule has 0 aliphatic rings. The Kier molecular flexibility index (Phi) is 4.91. The third kappa shape index (κ3) is 4.21. The molecule has 0 radical (unpaired) electrons. The predicted octanol–water partition coefficient (Wildman–Crippen LogP) is 1.50. The molecule has 0 saturated carbocycles. The highest BCUT2D eigenvalue weighted by Crippen LogP contribution is 2.14. The summed E-state index contributed by atoms with van der Waals surface area (Å²) in [5.41, 5.74) is 0. The Morgan fingerprint density at radius 3 is 2.44 bits per heavy atom. The van der Waals surface area contributed by atoms with Crippen LogP contribution in [-0.2, 0) is 10.0 Å². The van der Waals surface area contributed by atoms with Crippen LogP contribution < -0.4 is 4.72 Å². The first-order valence-electron chi connectivity index (χ1n) is 4.85. The van der Waals surface area contributed by atoms with Crippen LogP contribution in [0, 0.1) is 0 Å². The molecule has 0 heterocycles. The Labute approximate surface area is 104 Å². The van der Waals surface area contributed by atoms with Crippen LogP contribution in [-0.4, -0.2) is 26.2 Å². The molecule has 0 fully saturated rings. The van der Waals surface area contributed by atoms with Crippen LogP contribution in [0.1, 0.15) is 13.3 Å². The summed E-state index contributed by atoms with van der Waals surface area (Å²) in [6.45, 7) is 1.85. The maximum Gasteiger partial charge on any atom is 0.240 e. The number of aliphatic hydroxyl groups is 1. The van der Waals surface area contributed by atoms with Gasteiger partial charge in [0.1, 0.15) is 0 Å². The van der Waals surface area contributed by atoms with Crippen LogP contribution in [0.3, 0.4) is 0 Å². The van der Waals surface area contributed by atoms with Gasteiger partial charge in [-0.3, -0.25) is 0 Å². The van der Waals surface area contributed by atoms with Gasteiger partial charge in [0.25, 0.3) is 0 Å². The van der Waals surface area contributed by atoms with Gasteiger partial charge in [-0.15, -0.1) is 0 Å². The fourth-order valence-electron chi connectivity index (χ4n) is 1.10.